The predicted molar refractivity (Wildman–Crippen MR) is 60.4 cm³/mol. The number of hydrogen-bond acceptors (Lipinski definition) is 5. The Morgan fingerprint density at radius 3 is 2.42 bits per heavy atom. The molecule has 1 N–H and O–H groups in total. The van der Waals surface area contributed by atoms with E-state index in [0.29, 0.717) is 5.56 Å². The SMILES string of the molecule is COC(=O)C(Nc1cc(C)ccn1)(OC)C(F)(F)F. The second-order valence-corrected chi connectivity index (χ2v) is 3.72. The van der Waals surface area contributed by atoms with Gasteiger partial charge in [-0.2, -0.15) is 13.2 Å². The van der Waals surface area contributed by atoms with Crippen molar-refractivity contribution < 1.29 is 27.4 Å². The molecular weight excluding hydrogens is 265 g/mol. The fraction of sp³-hybridized carbons (Fsp3) is 0.455. The topological polar surface area (TPSA) is 60.5 Å². The third kappa shape index (κ3) is 2.95. The van der Waals surface area contributed by atoms with Crippen LogP contribution in [0.25, 0.3) is 0 Å². The van der Waals surface area contributed by atoms with Crippen molar-refractivity contribution in [1.29, 1.82) is 0 Å². The Morgan fingerprint density at radius 1 is 1.37 bits per heavy atom. The molecule has 0 amide bonds. The van der Waals surface area contributed by atoms with Crippen LogP contribution in [0.3, 0.4) is 0 Å². The number of rotatable bonds is 4. The Bertz CT molecular complexity index is 465. The van der Waals surface area contributed by atoms with Crippen LogP contribution < -0.4 is 5.32 Å². The maximum absolute atomic E-state index is 13.1. The first kappa shape index (κ1) is 15.2. The molecule has 19 heavy (non-hydrogen) atoms. The number of carbonyl (C=O) groups is 1. The van der Waals surface area contributed by atoms with E-state index in [1.807, 2.05) is 5.32 Å². The van der Waals surface area contributed by atoms with E-state index in [9.17, 15) is 18.0 Å². The number of ether oxygens (including phenoxy) is 2. The van der Waals surface area contributed by atoms with Gasteiger partial charge in [0.25, 0.3) is 0 Å². The van der Waals surface area contributed by atoms with Crippen molar-refractivity contribution in [3.05, 3.63) is 23.9 Å². The Balaban J connectivity index is 3.21. The summed E-state index contributed by atoms with van der Waals surface area (Å²) in [5.74, 6) is -1.75. The lowest BCUT2D eigenvalue weighted by atomic mass is 10.2. The third-order valence-corrected chi connectivity index (χ3v) is 2.40. The van der Waals surface area contributed by atoms with Gasteiger partial charge in [-0.25, -0.2) is 9.78 Å². The third-order valence-electron chi connectivity index (χ3n) is 2.40. The van der Waals surface area contributed by atoms with Crippen LogP contribution in [0.1, 0.15) is 5.56 Å². The van der Waals surface area contributed by atoms with E-state index in [4.69, 9.17) is 0 Å². The average molecular weight is 278 g/mol. The minimum absolute atomic E-state index is 0.149. The molecule has 1 atom stereocenters. The van der Waals surface area contributed by atoms with E-state index in [-0.39, 0.29) is 5.82 Å². The Labute approximate surface area is 107 Å². The number of hydrogen-bond donors (Lipinski definition) is 1. The lowest BCUT2D eigenvalue weighted by molar-refractivity contribution is -0.259. The minimum Gasteiger partial charge on any atom is -0.465 e. The van der Waals surface area contributed by atoms with Gasteiger partial charge in [-0.15, -0.1) is 0 Å². The molecule has 1 unspecified atom stereocenters. The molecule has 1 heterocycles. The standard InChI is InChI=1S/C11H13F3N2O3/c1-7-4-5-15-8(6-7)16-10(19-3,9(17)18-2)11(12,13)14/h4-6H,1-3H3,(H,15,16). The number of nitrogens with zero attached hydrogens (tertiary/aromatic N) is 1. The Hall–Kier alpha value is -1.83. The van der Waals surface area contributed by atoms with Gasteiger partial charge in [-0.05, 0) is 24.6 Å². The average Bonchev–Trinajstić information content (AvgIpc) is 2.33. The molecule has 0 spiro atoms. The first-order valence-electron chi connectivity index (χ1n) is 5.18. The fourth-order valence-corrected chi connectivity index (χ4v) is 1.42. The molecule has 1 aromatic heterocycles. The highest BCUT2D eigenvalue weighted by Crippen LogP contribution is 2.35. The molecule has 8 heteroatoms. The van der Waals surface area contributed by atoms with Gasteiger partial charge in [0.2, 0.25) is 0 Å². The Kier molecular flexibility index (Phi) is 4.35. The van der Waals surface area contributed by atoms with E-state index in [2.05, 4.69) is 14.5 Å². The number of aryl methyl sites for hydroxylation is 1. The quantitative estimate of drug-likeness (QED) is 0.673. The second kappa shape index (κ2) is 5.43. The number of halogens is 3. The van der Waals surface area contributed by atoms with Crippen molar-refractivity contribution >= 4 is 11.8 Å². The molecule has 1 rings (SSSR count). The highest BCUT2D eigenvalue weighted by molar-refractivity contribution is 5.83. The monoisotopic (exact) mass is 278 g/mol. The van der Waals surface area contributed by atoms with Crippen LogP contribution in [0.2, 0.25) is 0 Å². The lowest BCUT2D eigenvalue weighted by Gasteiger charge is -2.32. The van der Waals surface area contributed by atoms with Crippen molar-refractivity contribution in [3.8, 4) is 0 Å². The normalized spacial score (nSPS) is 14.6. The maximum Gasteiger partial charge on any atom is 0.448 e. The number of esters is 1. The van der Waals surface area contributed by atoms with Gasteiger partial charge in [0.05, 0.1) is 7.11 Å². The van der Waals surface area contributed by atoms with Gasteiger partial charge in [-0.3, -0.25) is 0 Å². The fourth-order valence-electron chi connectivity index (χ4n) is 1.42. The Morgan fingerprint density at radius 2 is 2.00 bits per heavy atom. The molecule has 0 radical (unpaired) electrons. The number of pyridine rings is 1. The summed E-state index contributed by atoms with van der Waals surface area (Å²) < 4.78 is 47.8. The van der Waals surface area contributed by atoms with Crippen molar-refractivity contribution in [2.24, 2.45) is 0 Å². The number of alkyl halides is 3. The summed E-state index contributed by atoms with van der Waals surface area (Å²) in [6.07, 6.45) is -3.70. The number of aromatic nitrogens is 1. The van der Waals surface area contributed by atoms with Gasteiger partial charge < -0.3 is 14.8 Å². The number of anilines is 1. The van der Waals surface area contributed by atoms with Crippen LogP contribution >= 0.6 is 0 Å². The molecule has 0 saturated carbocycles. The van der Waals surface area contributed by atoms with Crippen molar-refractivity contribution in [2.75, 3.05) is 19.5 Å². The summed E-state index contributed by atoms with van der Waals surface area (Å²) in [5.41, 5.74) is -2.61. The first-order chi connectivity index (χ1) is 8.76. The number of nitrogens with one attached hydrogen (secondary N) is 1. The number of carbonyl (C=O) groups excluding carboxylic acids is 1. The van der Waals surface area contributed by atoms with Gasteiger partial charge in [0.15, 0.2) is 0 Å². The van der Waals surface area contributed by atoms with Crippen LogP contribution in [0, 0.1) is 6.92 Å². The number of methoxy groups -OCH3 is 2. The van der Waals surface area contributed by atoms with E-state index >= 15 is 0 Å². The summed E-state index contributed by atoms with van der Waals surface area (Å²) in [5, 5.41) is 1.94. The zero-order valence-corrected chi connectivity index (χ0v) is 10.5. The van der Waals surface area contributed by atoms with E-state index in [1.54, 1.807) is 13.0 Å². The molecular formula is C11H13F3N2O3. The van der Waals surface area contributed by atoms with Crippen molar-refractivity contribution in [2.45, 2.75) is 18.8 Å². The van der Waals surface area contributed by atoms with Crippen molar-refractivity contribution in [3.63, 3.8) is 0 Å². The molecule has 0 fully saturated rings. The van der Waals surface area contributed by atoms with Crippen LogP contribution in [0.5, 0.6) is 0 Å². The summed E-state index contributed by atoms with van der Waals surface area (Å²) in [4.78, 5) is 15.1. The molecule has 0 saturated heterocycles. The molecule has 0 aliphatic carbocycles. The van der Waals surface area contributed by atoms with E-state index in [1.165, 1.54) is 12.3 Å². The summed E-state index contributed by atoms with van der Waals surface area (Å²) in [6, 6.07) is 2.95. The summed E-state index contributed by atoms with van der Waals surface area (Å²) in [7, 11) is 1.60. The zero-order chi connectivity index (χ0) is 14.7. The largest absolute Gasteiger partial charge is 0.465 e. The van der Waals surface area contributed by atoms with Crippen LogP contribution in [0.4, 0.5) is 19.0 Å². The minimum atomic E-state index is -5.01. The smallest absolute Gasteiger partial charge is 0.448 e. The molecule has 0 aromatic carbocycles. The van der Waals surface area contributed by atoms with Crippen LogP contribution in [-0.2, 0) is 14.3 Å². The van der Waals surface area contributed by atoms with Gasteiger partial charge >= 0.3 is 17.9 Å². The van der Waals surface area contributed by atoms with E-state index < -0.39 is 17.9 Å². The maximum atomic E-state index is 13.1. The molecule has 1 aromatic rings. The molecule has 0 aliphatic heterocycles. The molecule has 106 valence electrons. The predicted octanol–water partition coefficient (Wildman–Crippen LogP) is 1.88. The summed E-state index contributed by atoms with van der Waals surface area (Å²) in [6.45, 7) is 1.67. The van der Waals surface area contributed by atoms with Gasteiger partial charge in [0.1, 0.15) is 5.82 Å². The van der Waals surface area contributed by atoms with E-state index in [0.717, 1.165) is 14.2 Å². The second-order valence-electron chi connectivity index (χ2n) is 3.72. The van der Waals surface area contributed by atoms with Crippen LogP contribution in [-0.4, -0.2) is 37.1 Å². The molecule has 5 nitrogen and oxygen atoms in total. The highest BCUT2D eigenvalue weighted by Gasteiger charge is 2.63. The zero-order valence-electron chi connectivity index (χ0n) is 10.5. The summed E-state index contributed by atoms with van der Waals surface area (Å²) >= 11 is 0. The van der Waals surface area contributed by atoms with Crippen molar-refractivity contribution in [1.82, 2.24) is 4.98 Å². The first-order valence-corrected chi connectivity index (χ1v) is 5.18. The van der Waals surface area contributed by atoms with Crippen LogP contribution in [0.15, 0.2) is 18.3 Å². The highest BCUT2D eigenvalue weighted by atomic mass is 19.4. The van der Waals surface area contributed by atoms with Gasteiger partial charge in [-0.1, -0.05) is 0 Å². The molecule has 0 aliphatic rings. The molecule has 0 bridgehead atoms. The lowest BCUT2D eigenvalue weighted by Crippen LogP contribution is -2.60. The van der Waals surface area contributed by atoms with Gasteiger partial charge in [0, 0.05) is 13.3 Å².